The van der Waals surface area contributed by atoms with E-state index in [1.165, 1.54) is 40.8 Å². The molecule has 1 aliphatic rings. The number of alkyl halides is 3. The number of amides is 2. The van der Waals surface area contributed by atoms with Crippen molar-refractivity contribution in [3.63, 3.8) is 0 Å². The van der Waals surface area contributed by atoms with Gasteiger partial charge in [-0.2, -0.15) is 28.1 Å². The first kappa shape index (κ1) is 26.2. The Labute approximate surface area is 219 Å². The molecule has 1 aromatic carbocycles. The van der Waals surface area contributed by atoms with E-state index in [0.717, 1.165) is 31.3 Å². The number of rotatable bonds is 8. The number of halogens is 3. The van der Waals surface area contributed by atoms with E-state index in [9.17, 15) is 22.8 Å². The standard InChI is InChI=1S/C24H24F3N9O3/c1-12(22-31-10-32-36(22)18-8-17(21(28)37)29-9-30-18)34(2)23(38)16-7-14(24(25,26)27)6-15-19(16)33-35(11-39-3)20(15)13-4-5-13/h6-10,12-13H,4-5,11H2,1-3H3,(H2,28,37)/t12-/m0/s1. The normalized spacial score (nSPS) is 14.5. The molecule has 0 bridgehead atoms. The monoisotopic (exact) mass is 543 g/mol. The van der Waals surface area contributed by atoms with Gasteiger partial charge in [-0.1, -0.05) is 0 Å². The number of nitrogens with zero attached hydrogens (tertiary/aromatic N) is 8. The summed E-state index contributed by atoms with van der Waals surface area (Å²) in [4.78, 5) is 38.7. The van der Waals surface area contributed by atoms with Crippen LogP contribution in [0.15, 0.2) is 30.9 Å². The van der Waals surface area contributed by atoms with Crippen LogP contribution in [0.1, 0.15) is 69.7 Å². The highest BCUT2D eigenvalue weighted by Gasteiger charge is 2.37. The molecule has 12 nitrogen and oxygen atoms in total. The number of hydrogen-bond acceptors (Lipinski definition) is 8. The van der Waals surface area contributed by atoms with Crippen molar-refractivity contribution in [2.45, 2.75) is 44.6 Å². The maximum absolute atomic E-state index is 13.9. The zero-order valence-electron chi connectivity index (χ0n) is 21.2. The fourth-order valence-corrected chi connectivity index (χ4v) is 4.43. The predicted octanol–water partition coefficient (Wildman–Crippen LogP) is 2.84. The zero-order valence-corrected chi connectivity index (χ0v) is 21.2. The van der Waals surface area contributed by atoms with Crippen molar-refractivity contribution in [1.29, 1.82) is 0 Å². The maximum atomic E-state index is 13.9. The molecule has 3 heterocycles. The van der Waals surface area contributed by atoms with Gasteiger partial charge in [-0.25, -0.2) is 19.6 Å². The van der Waals surface area contributed by atoms with Gasteiger partial charge in [0.25, 0.3) is 11.8 Å². The summed E-state index contributed by atoms with van der Waals surface area (Å²) in [5, 5.41) is 8.89. The fourth-order valence-electron chi connectivity index (χ4n) is 4.43. The molecule has 15 heteroatoms. The summed E-state index contributed by atoms with van der Waals surface area (Å²) in [5.41, 5.74) is 4.89. The van der Waals surface area contributed by atoms with E-state index in [1.807, 2.05) is 0 Å². The van der Waals surface area contributed by atoms with Crippen molar-refractivity contribution in [2.24, 2.45) is 5.73 Å². The van der Waals surface area contributed by atoms with Crippen LogP contribution in [0.2, 0.25) is 0 Å². The Hall–Kier alpha value is -4.40. The highest BCUT2D eigenvalue weighted by molar-refractivity contribution is 6.06. The highest BCUT2D eigenvalue weighted by atomic mass is 19.4. The lowest BCUT2D eigenvalue weighted by Gasteiger charge is -2.25. The number of methoxy groups -OCH3 is 1. The minimum atomic E-state index is -4.68. The second-order valence-electron chi connectivity index (χ2n) is 9.24. The highest BCUT2D eigenvalue weighted by Crippen LogP contribution is 2.45. The van der Waals surface area contributed by atoms with Gasteiger partial charge in [-0.15, -0.1) is 0 Å². The second kappa shape index (κ2) is 9.72. The smallest absolute Gasteiger partial charge is 0.364 e. The van der Waals surface area contributed by atoms with Crippen LogP contribution >= 0.6 is 0 Å². The first-order valence-corrected chi connectivity index (χ1v) is 11.9. The summed E-state index contributed by atoms with van der Waals surface area (Å²) in [6.07, 6.45) is -0.683. The summed E-state index contributed by atoms with van der Waals surface area (Å²) in [5.74, 6) is -1.00. The molecule has 1 aliphatic carbocycles. The molecule has 1 fully saturated rings. The average Bonchev–Trinajstić information content (AvgIpc) is 3.49. The minimum Gasteiger partial charge on any atom is -0.364 e. The number of primary amides is 1. The molecular weight excluding hydrogens is 519 g/mol. The van der Waals surface area contributed by atoms with Crippen LogP contribution in [-0.2, 0) is 17.6 Å². The van der Waals surface area contributed by atoms with Crippen molar-refractivity contribution >= 4 is 22.7 Å². The summed E-state index contributed by atoms with van der Waals surface area (Å²) in [6.45, 7) is 1.68. The average molecular weight is 544 g/mol. The summed E-state index contributed by atoms with van der Waals surface area (Å²) in [7, 11) is 2.91. The molecule has 0 unspecified atom stereocenters. The number of benzene rings is 1. The Morgan fingerprint density at radius 1 is 1.18 bits per heavy atom. The number of carbonyl (C=O) groups excluding carboxylic acids is 2. The van der Waals surface area contributed by atoms with E-state index < -0.39 is 29.6 Å². The van der Waals surface area contributed by atoms with Gasteiger partial charge in [0.15, 0.2) is 11.6 Å². The molecule has 1 atom stereocenters. The van der Waals surface area contributed by atoms with Gasteiger partial charge in [0.2, 0.25) is 0 Å². The lowest BCUT2D eigenvalue weighted by Crippen LogP contribution is -2.32. The third-order valence-electron chi connectivity index (χ3n) is 6.63. The van der Waals surface area contributed by atoms with E-state index in [0.29, 0.717) is 5.69 Å². The largest absolute Gasteiger partial charge is 0.416 e. The fraction of sp³-hybridized carbons (Fsp3) is 0.375. The second-order valence-corrected chi connectivity index (χ2v) is 9.24. The molecule has 0 aliphatic heterocycles. The quantitative estimate of drug-likeness (QED) is 0.357. The Morgan fingerprint density at radius 2 is 1.92 bits per heavy atom. The minimum absolute atomic E-state index is 0.0388. The SMILES string of the molecule is COCn1nc2c(C(=O)N(C)[C@@H](C)c3ncnn3-c3cc(C(N)=O)ncn3)cc(C(F)(F)F)cc2c1C1CC1. The molecule has 1 saturated carbocycles. The molecule has 39 heavy (non-hydrogen) atoms. The van der Waals surface area contributed by atoms with Gasteiger partial charge >= 0.3 is 6.18 Å². The van der Waals surface area contributed by atoms with Gasteiger partial charge < -0.3 is 15.4 Å². The van der Waals surface area contributed by atoms with Crippen molar-refractivity contribution in [3.05, 3.63) is 59.2 Å². The van der Waals surface area contributed by atoms with Gasteiger partial charge in [0.1, 0.15) is 30.6 Å². The van der Waals surface area contributed by atoms with E-state index in [4.69, 9.17) is 10.5 Å². The third-order valence-corrected chi connectivity index (χ3v) is 6.63. The number of fused-ring (bicyclic) bond motifs is 1. The molecule has 2 N–H and O–H groups in total. The first-order chi connectivity index (χ1) is 18.5. The van der Waals surface area contributed by atoms with Gasteiger partial charge in [-0.05, 0) is 31.9 Å². The van der Waals surface area contributed by atoms with Crippen molar-refractivity contribution in [1.82, 2.24) is 39.4 Å². The molecule has 4 aromatic rings. The Balaban J connectivity index is 1.57. The van der Waals surface area contributed by atoms with Crippen LogP contribution in [-0.4, -0.2) is 65.4 Å². The molecule has 3 aromatic heterocycles. The number of nitrogens with two attached hydrogens (primary N) is 1. The summed E-state index contributed by atoms with van der Waals surface area (Å²) >= 11 is 0. The molecular formula is C24H24F3N9O3. The van der Waals surface area contributed by atoms with Crippen LogP contribution in [0, 0.1) is 0 Å². The molecule has 2 amide bonds. The van der Waals surface area contributed by atoms with Crippen LogP contribution in [0.5, 0.6) is 0 Å². The lowest BCUT2D eigenvalue weighted by atomic mass is 10.0. The van der Waals surface area contributed by atoms with Crippen molar-refractivity contribution in [3.8, 4) is 5.82 Å². The van der Waals surface area contributed by atoms with Crippen LogP contribution < -0.4 is 5.73 Å². The lowest BCUT2D eigenvalue weighted by molar-refractivity contribution is -0.137. The van der Waals surface area contributed by atoms with Gasteiger partial charge in [-0.3, -0.25) is 9.59 Å². The predicted molar refractivity (Wildman–Crippen MR) is 130 cm³/mol. The Kier molecular flexibility index (Phi) is 6.54. The summed E-state index contributed by atoms with van der Waals surface area (Å²) in [6, 6.07) is 2.40. The Morgan fingerprint density at radius 3 is 2.56 bits per heavy atom. The topological polar surface area (TPSA) is 147 Å². The maximum Gasteiger partial charge on any atom is 0.416 e. The Bertz CT molecular complexity index is 1580. The molecule has 0 radical (unpaired) electrons. The molecule has 0 saturated heterocycles. The van der Waals surface area contributed by atoms with E-state index in [2.05, 4.69) is 25.1 Å². The number of ether oxygens (including phenoxy) is 1. The van der Waals surface area contributed by atoms with Crippen molar-refractivity contribution in [2.75, 3.05) is 14.2 Å². The third kappa shape index (κ3) is 4.80. The molecule has 0 spiro atoms. The number of aromatic nitrogens is 7. The van der Waals surface area contributed by atoms with E-state index >= 15 is 0 Å². The number of hydrogen-bond donors (Lipinski definition) is 1. The van der Waals surface area contributed by atoms with Crippen LogP contribution in [0.4, 0.5) is 13.2 Å². The zero-order chi connectivity index (χ0) is 28.1. The van der Waals surface area contributed by atoms with Crippen molar-refractivity contribution < 1.29 is 27.5 Å². The first-order valence-electron chi connectivity index (χ1n) is 11.9. The van der Waals surface area contributed by atoms with Crippen LogP contribution in [0.3, 0.4) is 0 Å². The van der Waals surface area contributed by atoms with E-state index in [-0.39, 0.29) is 46.5 Å². The van der Waals surface area contributed by atoms with Crippen LogP contribution in [0.25, 0.3) is 16.7 Å². The van der Waals surface area contributed by atoms with Gasteiger partial charge in [0.05, 0.1) is 22.9 Å². The summed E-state index contributed by atoms with van der Waals surface area (Å²) < 4.78 is 49.8. The molecule has 204 valence electrons. The molecule has 5 rings (SSSR count). The van der Waals surface area contributed by atoms with Gasteiger partial charge in [0, 0.05) is 31.5 Å². The number of carbonyl (C=O) groups is 2. The van der Waals surface area contributed by atoms with E-state index in [1.54, 1.807) is 6.92 Å².